The summed E-state index contributed by atoms with van der Waals surface area (Å²) in [6.07, 6.45) is 5.12. The first-order chi connectivity index (χ1) is 13.3. The van der Waals surface area contributed by atoms with Crippen LogP contribution in [0.3, 0.4) is 0 Å². The molecule has 1 aliphatic carbocycles. The van der Waals surface area contributed by atoms with E-state index in [9.17, 15) is 4.79 Å². The first-order valence-corrected chi connectivity index (χ1v) is 10.7. The number of nitrogens with one attached hydrogen (secondary N) is 2. The number of allylic oxidation sites excluding steroid dienone is 1. The van der Waals surface area contributed by atoms with Crippen molar-refractivity contribution >= 4 is 23.5 Å². The average molecular weight is 384 g/mol. The maximum atomic E-state index is 12.9. The molecule has 27 heavy (non-hydrogen) atoms. The largest absolute Gasteiger partial charge is 0.362 e. The standard InChI is InChI=1S/C20H25N5OS/c26-20(22-17-13-24-8-4-14(17)5-9-24)19-16-3-1-2-15(12-18(16)27-23-19)25-10-6-21-7-11-25/h12,14,17,21H,3-11,13H2,(H,22,26)/t17-/m0/s1. The van der Waals surface area contributed by atoms with Crippen LogP contribution in [-0.4, -0.2) is 71.9 Å². The van der Waals surface area contributed by atoms with Crippen LogP contribution in [-0.2, 0) is 6.42 Å². The van der Waals surface area contributed by atoms with Gasteiger partial charge in [-0.3, -0.25) is 4.79 Å². The maximum Gasteiger partial charge on any atom is 0.271 e. The highest BCUT2D eigenvalue weighted by molar-refractivity contribution is 7.07. The Kier molecular flexibility index (Phi) is 4.64. The molecule has 4 aliphatic heterocycles. The van der Waals surface area contributed by atoms with Crippen molar-refractivity contribution in [2.75, 3.05) is 45.8 Å². The zero-order valence-corrected chi connectivity index (χ0v) is 16.3. The molecule has 0 aromatic carbocycles. The van der Waals surface area contributed by atoms with Gasteiger partial charge in [-0.1, -0.05) is 5.92 Å². The lowest BCUT2D eigenvalue weighted by Crippen LogP contribution is -2.57. The highest BCUT2D eigenvalue weighted by atomic mass is 32.1. The minimum Gasteiger partial charge on any atom is -0.362 e. The van der Waals surface area contributed by atoms with Crippen LogP contribution in [0.25, 0.3) is 6.08 Å². The number of rotatable bonds is 3. The summed E-state index contributed by atoms with van der Waals surface area (Å²) in [5.41, 5.74) is 2.64. The number of carbonyl (C=O) groups excluding carboxylic acids is 1. The molecule has 1 atom stereocenters. The van der Waals surface area contributed by atoms with Crippen LogP contribution >= 0.6 is 11.5 Å². The van der Waals surface area contributed by atoms with Crippen LogP contribution < -0.4 is 10.6 Å². The molecular formula is C20H25N5OS. The van der Waals surface area contributed by atoms with Gasteiger partial charge >= 0.3 is 0 Å². The van der Waals surface area contributed by atoms with Crippen molar-refractivity contribution < 1.29 is 4.79 Å². The fourth-order valence-electron chi connectivity index (χ4n) is 4.61. The van der Waals surface area contributed by atoms with Crippen LogP contribution in [0.5, 0.6) is 0 Å². The summed E-state index contributed by atoms with van der Waals surface area (Å²) >= 11 is 1.42. The molecule has 2 N–H and O–H groups in total. The number of hydrogen-bond acceptors (Lipinski definition) is 6. The van der Waals surface area contributed by atoms with Crippen LogP contribution in [0.15, 0.2) is 5.70 Å². The third-order valence-electron chi connectivity index (χ3n) is 6.21. The predicted octanol–water partition coefficient (Wildman–Crippen LogP) is 0.773. The SMILES string of the molecule is O=C(N[C@H]1CN2CCC1CC2)c1nsc2c1CC#CC(N1CCNCC1)=C2. The van der Waals surface area contributed by atoms with E-state index >= 15 is 0 Å². The number of carbonyl (C=O) groups is 1. The molecule has 2 bridgehead atoms. The average Bonchev–Trinajstić information content (AvgIpc) is 2.99. The topological polar surface area (TPSA) is 60.5 Å². The van der Waals surface area contributed by atoms with Crippen molar-refractivity contribution in [2.24, 2.45) is 5.92 Å². The molecule has 1 aromatic heterocycles. The van der Waals surface area contributed by atoms with Crippen LogP contribution in [0.1, 0.15) is 33.8 Å². The van der Waals surface area contributed by atoms with E-state index < -0.39 is 0 Å². The highest BCUT2D eigenvalue weighted by Crippen LogP contribution is 2.29. The molecule has 0 spiro atoms. The number of piperidine rings is 3. The molecule has 1 amide bonds. The number of fused-ring (bicyclic) bond motifs is 4. The van der Waals surface area contributed by atoms with Gasteiger partial charge in [-0.15, -0.1) is 0 Å². The third kappa shape index (κ3) is 3.38. The van der Waals surface area contributed by atoms with Gasteiger partial charge in [-0.25, -0.2) is 0 Å². The van der Waals surface area contributed by atoms with E-state index in [2.05, 4.69) is 42.7 Å². The Labute approximate surface area is 164 Å². The second kappa shape index (κ2) is 7.27. The Morgan fingerprint density at radius 1 is 1.26 bits per heavy atom. The van der Waals surface area contributed by atoms with Gasteiger partial charge in [-0.2, -0.15) is 4.37 Å². The lowest BCUT2D eigenvalue weighted by Gasteiger charge is -2.44. The highest BCUT2D eigenvalue weighted by Gasteiger charge is 2.35. The Bertz CT molecular complexity index is 821. The summed E-state index contributed by atoms with van der Waals surface area (Å²) in [5, 5.41) is 6.65. The molecule has 0 radical (unpaired) electrons. The van der Waals surface area contributed by atoms with Gasteiger partial charge in [0.25, 0.3) is 5.91 Å². The molecule has 0 unspecified atom stereocenters. The van der Waals surface area contributed by atoms with Gasteiger partial charge in [0, 0.05) is 50.7 Å². The van der Waals surface area contributed by atoms with Crippen molar-refractivity contribution in [3.8, 4) is 11.8 Å². The zero-order chi connectivity index (χ0) is 18.2. The van der Waals surface area contributed by atoms with Crippen molar-refractivity contribution in [1.29, 1.82) is 0 Å². The number of amides is 1. The van der Waals surface area contributed by atoms with Crippen molar-refractivity contribution in [1.82, 2.24) is 24.8 Å². The molecule has 6 nitrogen and oxygen atoms in total. The van der Waals surface area contributed by atoms with Crippen molar-refractivity contribution in [2.45, 2.75) is 25.3 Å². The van der Waals surface area contributed by atoms with E-state index in [0.29, 0.717) is 18.0 Å². The molecular weight excluding hydrogens is 358 g/mol. The molecule has 0 saturated carbocycles. The molecule has 5 aliphatic rings. The van der Waals surface area contributed by atoms with Gasteiger partial charge in [0.1, 0.15) is 5.69 Å². The third-order valence-corrected chi connectivity index (χ3v) is 7.05. The molecule has 4 saturated heterocycles. The van der Waals surface area contributed by atoms with E-state index in [4.69, 9.17) is 0 Å². The van der Waals surface area contributed by atoms with Crippen LogP contribution in [0.2, 0.25) is 0 Å². The molecule has 7 heteroatoms. The number of hydrogen-bond donors (Lipinski definition) is 2. The Hall–Kier alpha value is -1.88. The summed E-state index contributed by atoms with van der Waals surface area (Å²) in [4.78, 5) is 18.8. The van der Waals surface area contributed by atoms with E-state index in [1.54, 1.807) is 0 Å². The lowest BCUT2D eigenvalue weighted by atomic mass is 9.84. The minimum atomic E-state index is -0.0212. The van der Waals surface area contributed by atoms with Crippen LogP contribution in [0.4, 0.5) is 0 Å². The fourth-order valence-corrected chi connectivity index (χ4v) is 5.44. The summed E-state index contributed by atoms with van der Waals surface area (Å²) in [5.74, 6) is 7.16. The van der Waals surface area contributed by atoms with Crippen molar-refractivity contribution in [3.05, 3.63) is 21.8 Å². The summed E-state index contributed by atoms with van der Waals surface area (Å²) in [6.45, 7) is 7.26. The van der Waals surface area contributed by atoms with Gasteiger partial charge in [0.15, 0.2) is 0 Å². The molecule has 5 heterocycles. The van der Waals surface area contributed by atoms with Gasteiger partial charge < -0.3 is 20.4 Å². The number of nitrogens with zero attached hydrogens (tertiary/aromatic N) is 3. The Balaban J connectivity index is 1.34. The smallest absolute Gasteiger partial charge is 0.271 e. The lowest BCUT2D eigenvalue weighted by molar-refractivity contribution is 0.0618. The summed E-state index contributed by atoms with van der Waals surface area (Å²) < 4.78 is 4.52. The number of aromatic nitrogens is 1. The van der Waals surface area contributed by atoms with E-state index in [0.717, 1.165) is 48.9 Å². The van der Waals surface area contributed by atoms with Crippen LogP contribution in [0, 0.1) is 17.8 Å². The minimum absolute atomic E-state index is 0.0212. The second-order valence-corrected chi connectivity index (χ2v) is 8.64. The second-order valence-electron chi connectivity index (χ2n) is 7.84. The Morgan fingerprint density at radius 2 is 2.07 bits per heavy atom. The predicted molar refractivity (Wildman–Crippen MR) is 106 cm³/mol. The molecule has 1 aromatic rings. The Morgan fingerprint density at radius 3 is 2.81 bits per heavy atom. The fraction of sp³-hybridized carbons (Fsp3) is 0.600. The summed E-state index contributed by atoms with van der Waals surface area (Å²) in [7, 11) is 0. The molecule has 6 rings (SSSR count). The maximum absolute atomic E-state index is 12.9. The van der Waals surface area contributed by atoms with Gasteiger partial charge in [-0.05, 0) is 55.4 Å². The molecule has 142 valence electrons. The number of piperazine rings is 1. The monoisotopic (exact) mass is 383 g/mol. The van der Waals surface area contributed by atoms with E-state index in [1.165, 1.54) is 37.5 Å². The first-order valence-electron chi connectivity index (χ1n) is 9.96. The summed E-state index contributed by atoms with van der Waals surface area (Å²) in [6, 6.07) is 0.265. The zero-order valence-electron chi connectivity index (χ0n) is 15.5. The molecule has 4 fully saturated rings. The van der Waals surface area contributed by atoms with Crippen molar-refractivity contribution in [3.63, 3.8) is 0 Å². The van der Waals surface area contributed by atoms with Gasteiger partial charge in [0.2, 0.25) is 0 Å². The van der Waals surface area contributed by atoms with E-state index in [-0.39, 0.29) is 11.9 Å². The quantitative estimate of drug-likeness (QED) is 0.755. The van der Waals surface area contributed by atoms with E-state index in [1.807, 2.05) is 0 Å². The normalized spacial score (nSPS) is 29.3. The first kappa shape index (κ1) is 17.2. The van der Waals surface area contributed by atoms with Gasteiger partial charge in [0.05, 0.1) is 10.6 Å².